The van der Waals surface area contributed by atoms with Gasteiger partial charge in [-0.2, -0.15) is 13.2 Å². The molecule has 1 aliphatic heterocycles. The van der Waals surface area contributed by atoms with Crippen LogP contribution >= 0.6 is 0 Å². The van der Waals surface area contributed by atoms with Gasteiger partial charge in [0.15, 0.2) is 6.10 Å². The number of aliphatic hydroxyl groups excluding tert-OH is 2. The first-order valence-corrected chi connectivity index (χ1v) is 11.4. The van der Waals surface area contributed by atoms with Gasteiger partial charge in [0.05, 0.1) is 24.9 Å². The second kappa shape index (κ2) is 9.67. The zero-order valence-corrected chi connectivity index (χ0v) is 19.5. The summed E-state index contributed by atoms with van der Waals surface area (Å²) >= 11 is 0. The Bertz CT molecular complexity index is 1090. The fraction of sp³-hybridized carbons (Fsp3) is 0.480. The van der Waals surface area contributed by atoms with Gasteiger partial charge in [-0.05, 0) is 53.5 Å². The number of aliphatic hydroxyl groups is 2. The van der Waals surface area contributed by atoms with E-state index in [1.54, 1.807) is 18.2 Å². The van der Waals surface area contributed by atoms with Crippen molar-refractivity contribution >= 4 is 11.7 Å². The van der Waals surface area contributed by atoms with Crippen LogP contribution in [-0.4, -0.2) is 48.8 Å². The number of amides is 2. The van der Waals surface area contributed by atoms with Crippen molar-refractivity contribution in [3.05, 3.63) is 58.7 Å². The van der Waals surface area contributed by atoms with Gasteiger partial charge in [-0.25, -0.2) is 4.79 Å². The molecule has 0 unspecified atom stereocenters. The van der Waals surface area contributed by atoms with Crippen molar-refractivity contribution in [2.24, 2.45) is 0 Å². The van der Waals surface area contributed by atoms with Gasteiger partial charge in [-0.3, -0.25) is 0 Å². The van der Waals surface area contributed by atoms with Gasteiger partial charge in [0, 0.05) is 18.8 Å². The summed E-state index contributed by atoms with van der Waals surface area (Å²) in [5.74, 6) is -0.278. The molecular weight excluding hydrogens is 465 g/mol. The quantitative estimate of drug-likeness (QED) is 0.501. The highest BCUT2D eigenvalue weighted by atomic mass is 19.4. The smallest absolute Gasteiger partial charge is 0.418 e. The summed E-state index contributed by atoms with van der Waals surface area (Å²) < 4.78 is 51.2. The van der Waals surface area contributed by atoms with Crippen LogP contribution in [-0.2, 0) is 16.6 Å². The molecule has 0 radical (unpaired) electrons. The monoisotopic (exact) mass is 494 g/mol. The standard InChI is InChI=1S/C25H29F3N2O5/c1-24(7-9-35-10-8-24)15-12-17(22(32)25(26,27)28)21(34-2)19(13-15)30-23(33)29-18-11-14-5-3-4-6-16(14)20(18)31/h3-6,12-13,18,20,22,31-32H,7-11H2,1-2H3,(H2,29,30,33)/t18-,20+,22+/m1/s1. The van der Waals surface area contributed by atoms with E-state index < -0.39 is 41.4 Å². The second-order valence-corrected chi connectivity index (χ2v) is 9.32. The fourth-order valence-corrected chi connectivity index (χ4v) is 4.84. The van der Waals surface area contributed by atoms with E-state index in [4.69, 9.17) is 9.47 Å². The molecule has 190 valence electrons. The molecule has 7 nitrogen and oxygen atoms in total. The van der Waals surface area contributed by atoms with Gasteiger partial charge in [0.1, 0.15) is 5.75 Å². The molecule has 1 heterocycles. The summed E-state index contributed by atoms with van der Waals surface area (Å²) in [5, 5.41) is 26.0. The van der Waals surface area contributed by atoms with Crippen molar-refractivity contribution in [3.8, 4) is 5.75 Å². The summed E-state index contributed by atoms with van der Waals surface area (Å²) in [4.78, 5) is 12.9. The van der Waals surface area contributed by atoms with E-state index in [1.165, 1.54) is 13.2 Å². The van der Waals surface area contributed by atoms with Gasteiger partial charge in [0.25, 0.3) is 0 Å². The number of ether oxygens (including phenoxy) is 2. The number of fused-ring (bicyclic) bond motifs is 1. The lowest BCUT2D eigenvalue weighted by Gasteiger charge is -2.35. The van der Waals surface area contributed by atoms with Crippen molar-refractivity contribution in [2.75, 3.05) is 25.6 Å². The predicted molar refractivity (Wildman–Crippen MR) is 122 cm³/mol. The molecule has 10 heteroatoms. The Morgan fingerprint density at radius 1 is 1.23 bits per heavy atom. The number of methoxy groups -OCH3 is 1. The number of benzene rings is 2. The van der Waals surface area contributed by atoms with Crippen LogP contribution in [0.1, 0.15) is 54.2 Å². The average molecular weight is 495 g/mol. The van der Waals surface area contributed by atoms with E-state index in [9.17, 15) is 28.2 Å². The minimum Gasteiger partial charge on any atom is -0.494 e. The molecule has 2 aliphatic rings. The Morgan fingerprint density at radius 3 is 2.54 bits per heavy atom. The van der Waals surface area contributed by atoms with Gasteiger partial charge < -0.3 is 30.3 Å². The summed E-state index contributed by atoms with van der Waals surface area (Å²) in [6, 6.07) is 8.85. The third-order valence-electron chi connectivity index (χ3n) is 6.98. The Morgan fingerprint density at radius 2 is 1.91 bits per heavy atom. The van der Waals surface area contributed by atoms with Gasteiger partial charge in [-0.15, -0.1) is 0 Å². The summed E-state index contributed by atoms with van der Waals surface area (Å²) in [6.07, 6.45) is -7.08. The molecular formula is C25H29F3N2O5. The number of hydrogen-bond acceptors (Lipinski definition) is 5. The van der Waals surface area contributed by atoms with E-state index in [2.05, 4.69) is 10.6 Å². The number of anilines is 1. The van der Waals surface area contributed by atoms with Crippen LogP contribution in [0.15, 0.2) is 36.4 Å². The highest BCUT2D eigenvalue weighted by Gasteiger charge is 2.43. The maximum absolute atomic E-state index is 13.5. The lowest BCUT2D eigenvalue weighted by molar-refractivity contribution is -0.207. The summed E-state index contributed by atoms with van der Waals surface area (Å²) in [7, 11) is 1.18. The van der Waals surface area contributed by atoms with Crippen LogP contribution in [0.25, 0.3) is 0 Å². The van der Waals surface area contributed by atoms with E-state index in [0.29, 0.717) is 38.0 Å². The number of halogens is 3. The number of rotatable bonds is 5. The molecule has 35 heavy (non-hydrogen) atoms. The second-order valence-electron chi connectivity index (χ2n) is 9.32. The van der Waals surface area contributed by atoms with E-state index in [0.717, 1.165) is 11.1 Å². The Balaban J connectivity index is 1.65. The molecule has 0 spiro atoms. The van der Waals surface area contributed by atoms with Crippen molar-refractivity contribution in [1.82, 2.24) is 5.32 Å². The minimum atomic E-state index is -4.93. The topological polar surface area (TPSA) is 100 Å². The Kier molecular flexibility index (Phi) is 6.99. The van der Waals surface area contributed by atoms with E-state index in [1.807, 2.05) is 19.1 Å². The number of urea groups is 1. The fourth-order valence-electron chi connectivity index (χ4n) is 4.84. The number of carbonyl (C=O) groups excluding carboxylic acids is 1. The van der Waals surface area contributed by atoms with Crippen LogP contribution in [0.2, 0.25) is 0 Å². The molecule has 1 fully saturated rings. The molecule has 2 aromatic carbocycles. The lowest BCUT2D eigenvalue weighted by atomic mass is 9.75. The SMILES string of the molecule is COc1c(NC(=O)N[C@@H]2Cc3ccccc3[C@@H]2O)cc(C2(C)CCOCC2)cc1[C@H](O)C(F)(F)F. The van der Waals surface area contributed by atoms with Crippen molar-refractivity contribution in [1.29, 1.82) is 0 Å². The highest BCUT2D eigenvalue weighted by Crippen LogP contribution is 2.45. The molecule has 3 atom stereocenters. The molecule has 0 aromatic heterocycles. The van der Waals surface area contributed by atoms with Crippen LogP contribution in [0.5, 0.6) is 5.75 Å². The van der Waals surface area contributed by atoms with Crippen LogP contribution in [0, 0.1) is 0 Å². The maximum Gasteiger partial charge on any atom is 0.418 e. The predicted octanol–water partition coefficient (Wildman–Crippen LogP) is 4.14. The highest BCUT2D eigenvalue weighted by molar-refractivity contribution is 5.92. The Hall–Kier alpha value is -2.82. The number of nitrogens with one attached hydrogen (secondary N) is 2. The normalized spacial score (nSPS) is 22.3. The third-order valence-corrected chi connectivity index (χ3v) is 6.98. The zero-order valence-electron chi connectivity index (χ0n) is 19.5. The molecule has 4 rings (SSSR count). The largest absolute Gasteiger partial charge is 0.494 e. The maximum atomic E-state index is 13.5. The number of carbonyl (C=O) groups is 1. The van der Waals surface area contributed by atoms with Gasteiger partial charge in [-0.1, -0.05) is 31.2 Å². The molecule has 0 saturated carbocycles. The lowest BCUT2D eigenvalue weighted by Crippen LogP contribution is -2.40. The van der Waals surface area contributed by atoms with Crippen LogP contribution in [0.4, 0.5) is 23.7 Å². The first kappa shape index (κ1) is 25.3. The van der Waals surface area contributed by atoms with E-state index >= 15 is 0 Å². The average Bonchev–Trinajstić information content (AvgIpc) is 3.13. The van der Waals surface area contributed by atoms with Crippen molar-refractivity contribution in [2.45, 2.75) is 56.0 Å². The Labute approximate surface area is 201 Å². The molecule has 2 amide bonds. The summed E-state index contributed by atoms with van der Waals surface area (Å²) in [5.41, 5.74) is 1.17. The molecule has 1 aliphatic carbocycles. The zero-order chi connectivity index (χ0) is 25.4. The first-order valence-electron chi connectivity index (χ1n) is 11.4. The first-order chi connectivity index (χ1) is 16.5. The van der Waals surface area contributed by atoms with Crippen molar-refractivity contribution in [3.63, 3.8) is 0 Å². The number of hydrogen-bond donors (Lipinski definition) is 4. The van der Waals surface area contributed by atoms with E-state index in [-0.39, 0.29) is 11.4 Å². The molecule has 0 bridgehead atoms. The van der Waals surface area contributed by atoms with Gasteiger partial charge >= 0.3 is 12.2 Å². The molecule has 1 saturated heterocycles. The number of alkyl halides is 3. The van der Waals surface area contributed by atoms with Crippen LogP contribution < -0.4 is 15.4 Å². The molecule has 2 aromatic rings. The van der Waals surface area contributed by atoms with Gasteiger partial charge in [0.2, 0.25) is 0 Å². The van der Waals surface area contributed by atoms with Crippen LogP contribution in [0.3, 0.4) is 0 Å². The summed E-state index contributed by atoms with van der Waals surface area (Å²) in [6.45, 7) is 2.81. The minimum absolute atomic E-state index is 0.00137. The molecule has 4 N–H and O–H groups in total. The third kappa shape index (κ3) is 5.10. The van der Waals surface area contributed by atoms with Crippen molar-refractivity contribution < 1.29 is 37.7 Å².